The van der Waals surface area contributed by atoms with Gasteiger partial charge in [-0.3, -0.25) is 5.41 Å². The lowest BCUT2D eigenvalue weighted by atomic mass is 10.2. The molecule has 0 aliphatic carbocycles. The highest BCUT2D eigenvalue weighted by atomic mass is 32.1. The molecule has 0 saturated heterocycles. The Morgan fingerprint density at radius 1 is 1.27 bits per heavy atom. The van der Waals surface area contributed by atoms with Gasteiger partial charge in [-0.15, -0.1) is 11.3 Å². The molecule has 1 aliphatic rings. The third-order valence-electron chi connectivity index (χ3n) is 3.62. The molecule has 0 bridgehead atoms. The number of aromatic nitrogens is 1. The van der Waals surface area contributed by atoms with Crippen LogP contribution in [0.25, 0.3) is 15.8 Å². The predicted molar refractivity (Wildman–Crippen MR) is 86.0 cm³/mol. The quantitative estimate of drug-likeness (QED) is 0.774. The third-order valence-corrected chi connectivity index (χ3v) is 4.67. The summed E-state index contributed by atoms with van der Waals surface area (Å²) in [6.07, 6.45) is 1.61. The highest BCUT2D eigenvalue weighted by molar-refractivity contribution is 7.19. The number of aliphatic hydroxyl groups is 1. The molecule has 3 heterocycles. The van der Waals surface area contributed by atoms with Gasteiger partial charge in [0.2, 0.25) is 0 Å². The van der Waals surface area contributed by atoms with Crippen molar-refractivity contribution in [3.63, 3.8) is 0 Å². The number of para-hydroxylation sites is 1. The summed E-state index contributed by atoms with van der Waals surface area (Å²) in [6, 6.07) is 11.5. The topological polar surface area (TPSA) is 73.3 Å². The SMILES string of the molecule is N=C1C(c2nc3ccccc3s2)=C(O)CN1Cc1ccco1. The van der Waals surface area contributed by atoms with E-state index in [0.717, 1.165) is 16.0 Å². The van der Waals surface area contributed by atoms with Crippen LogP contribution in [0.5, 0.6) is 0 Å². The Bertz CT molecular complexity index is 847. The zero-order valence-electron chi connectivity index (χ0n) is 11.6. The number of hydrogen-bond donors (Lipinski definition) is 2. The van der Waals surface area contributed by atoms with E-state index in [0.29, 0.717) is 23.7 Å². The van der Waals surface area contributed by atoms with Gasteiger partial charge in [0.1, 0.15) is 22.4 Å². The fourth-order valence-corrected chi connectivity index (χ4v) is 3.60. The fraction of sp³-hybridized carbons (Fsp3) is 0.125. The number of nitrogens with zero attached hydrogens (tertiary/aromatic N) is 2. The summed E-state index contributed by atoms with van der Waals surface area (Å²) in [7, 11) is 0. The Morgan fingerprint density at radius 3 is 2.91 bits per heavy atom. The van der Waals surface area contributed by atoms with Crippen LogP contribution in [0.2, 0.25) is 0 Å². The van der Waals surface area contributed by atoms with Gasteiger partial charge in [-0.2, -0.15) is 0 Å². The van der Waals surface area contributed by atoms with Gasteiger partial charge in [0.05, 0.1) is 35.1 Å². The first-order valence-corrected chi connectivity index (χ1v) is 7.68. The minimum Gasteiger partial charge on any atom is -0.510 e. The van der Waals surface area contributed by atoms with Crippen LogP contribution in [0.1, 0.15) is 10.8 Å². The van der Waals surface area contributed by atoms with Gasteiger partial charge in [0, 0.05) is 0 Å². The molecule has 6 heteroatoms. The molecule has 0 fully saturated rings. The van der Waals surface area contributed by atoms with Crippen molar-refractivity contribution in [3.05, 3.63) is 59.2 Å². The Hall–Kier alpha value is -2.60. The molecule has 0 radical (unpaired) electrons. The van der Waals surface area contributed by atoms with Gasteiger partial charge in [-0.25, -0.2) is 4.98 Å². The first kappa shape index (κ1) is 13.1. The van der Waals surface area contributed by atoms with E-state index in [1.165, 1.54) is 11.3 Å². The average Bonchev–Trinajstić information content (AvgIpc) is 3.19. The average molecular weight is 311 g/mol. The second-order valence-electron chi connectivity index (χ2n) is 5.09. The molecule has 0 atom stereocenters. The number of benzene rings is 1. The van der Waals surface area contributed by atoms with Crippen molar-refractivity contribution in [1.82, 2.24) is 9.88 Å². The summed E-state index contributed by atoms with van der Waals surface area (Å²) in [5, 5.41) is 19.3. The van der Waals surface area contributed by atoms with Crippen molar-refractivity contribution in [1.29, 1.82) is 5.41 Å². The van der Waals surface area contributed by atoms with Crippen molar-refractivity contribution >= 4 is 33.0 Å². The fourth-order valence-electron chi connectivity index (χ4n) is 2.56. The summed E-state index contributed by atoms with van der Waals surface area (Å²) in [5.41, 5.74) is 1.41. The summed E-state index contributed by atoms with van der Waals surface area (Å²) >= 11 is 1.49. The van der Waals surface area contributed by atoms with Crippen LogP contribution in [0.3, 0.4) is 0 Å². The number of rotatable bonds is 3. The molecule has 1 aromatic carbocycles. The second kappa shape index (κ2) is 4.99. The van der Waals surface area contributed by atoms with Crippen molar-refractivity contribution in [2.75, 3.05) is 6.54 Å². The number of aliphatic hydroxyl groups excluding tert-OH is 1. The third kappa shape index (κ3) is 2.08. The zero-order valence-corrected chi connectivity index (χ0v) is 12.4. The molecular formula is C16H13N3O2S. The maximum Gasteiger partial charge on any atom is 0.135 e. The Labute approximate surface area is 130 Å². The molecule has 22 heavy (non-hydrogen) atoms. The van der Waals surface area contributed by atoms with Gasteiger partial charge < -0.3 is 14.4 Å². The van der Waals surface area contributed by atoms with E-state index in [9.17, 15) is 5.11 Å². The minimum atomic E-state index is 0.190. The molecule has 0 spiro atoms. The van der Waals surface area contributed by atoms with Crippen LogP contribution >= 0.6 is 11.3 Å². The van der Waals surface area contributed by atoms with Crippen LogP contribution in [0, 0.1) is 5.41 Å². The molecule has 0 saturated carbocycles. The maximum absolute atomic E-state index is 10.3. The predicted octanol–water partition coefficient (Wildman–Crippen LogP) is 3.65. The lowest BCUT2D eigenvalue weighted by Crippen LogP contribution is -2.25. The molecule has 5 nitrogen and oxygen atoms in total. The normalized spacial score (nSPS) is 15.3. The highest BCUT2D eigenvalue weighted by Crippen LogP contribution is 2.33. The molecular weight excluding hydrogens is 298 g/mol. The van der Waals surface area contributed by atoms with Crippen molar-refractivity contribution in [2.24, 2.45) is 0 Å². The van der Waals surface area contributed by atoms with Crippen LogP contribution in [-0.2, 0) is 6.54 Å². The summed E-state index contributed by atoms with van der Waals surface area (Å²) in [6.45, 7) is 0.773. The molecule has 2 N–H and O–H groups in total. The van der Waals surface area contributed by atoms with Crippen molar-refractivity contribution in [2.45, 2.75) is 6.54 Å². The van der Waals surface area contributed by atoms with Crippen LogP contribution in [0.4, 0.5) is 0 Å². The largest absolute Gasteiger partial charge is 0.510 e. The minimum absolute atomic E-state index is 0.190. The second-order valence-corrected chi connectivity index (χ2v) is 6.12. The van der Waals surface area contributed by atoms with E-state index < -0.39 is 0 Å². The Balaban J connectivity index is 1.66. The summed E-state index contributed by atoms with van der Waals surface area (Å²) < 4.78 is 6.37. The van der Waals surface area contributed by atoms with Crippen LogP contribution in [-0.4, -0.2) is 27.4 Å². The van der Waals surface area contributed by atoms with Crippen molar-refractivity contribution in [3.8, 4) is 0 Å². The van der Waals surface area contributed by atoms with E-state index in [1.807, 2.05) is 36.4 Å². The van der Waals surface area contributed by atoms with Gasteiger partial charge in [0.25, 0.3) is 0 Å². The van der Waals surface area contributed by atoms with Gasteiger partial charge in [-0.1, -0.05) is 12.1 Å². The van der Waals surface area contributed by atoms with E-state index in [2.05, 4.69) is 4.98 Å². The number of nitrogens with one attached hydrogen (secondary N) is 1. The molecule has 4 rings (SSSR count). The highest BCUT2D eigenvalue weighted by Gasteiger charge is 2.30. The standard InChI is InChI=1S/C16H13N3O2S/c17-15-14(16-18-11-5-1-2-6-13(11)22-16)12(20)9-19(15)8-10-4-3-7-21-10/h1-7,17,20H,8-9H2. The van der Waals surface area contributed by atoms with Crippen molar-refractivity contribution < 1.29 is 9.52 Å². The summed E-state index contributed by atoms with van der Waals surface area (Å²) in [5.74, 6) is 1.24. The molecule has 2 aromatic heterocycles. The first-order chi connectivity index (χ1) is 10.7. The molecule has 0 amide bonds. The molecule has 0 unspecified atom stereocenters. The van der Waals surface area contributed by atoms with Gasteiger partial charge in [-0.05, 0) is 24.3 Å². The smallest absolute Gasteiger partial charge is 0.135 e. The number of thiazole rings is 1. The number of furan rings is 1. The molecule has 1 aliphatic heterocycles. The van der Waals surface area contributed by atoms with Gasteiger partial charge >= 0.3 is 0 Å². The Morgan fingerprint density at radius 2 is 2.14 bits per heavy atom. The Kier molecular flexibility index (Phi) is 2.97. The number of amidine groups is 1. The molecule has 3 aromatic rings. The lowest BCUT2D eigenvalue weighted by Gasteiger charge is -2.16. The lowest BCUT2D eigenvalue weighted by molar-refractivity contribution is 0.328. The van der Waals surface area contributed by atoms with Crippen LogP contribution in [0.15, 0.2) is 52.8 Å². The van der Waals surface area contributed by atoms with E-state index in [4.69, 9.17) is 9.83 Å². The van der Waals surface area contributed by atoms with E-state index >= 15 is 0 Å². The van der Waals surface area contributed by atoms with Crippen LogP contribution < -0.4 is 0 Å². The number of fused-ring (bicyclic) bond motifs is 1. The zero-order chi connectivity index (χ0) is 15.1. The maximum atomic E-state index is 10.3. The first-order valence-electron chi connectivity index (χ1n) is 6.86. The summed E-state index contributed by atoms with van der Waals surface area (Å²) in [4.78, 5) is 6.31. The number of hydrogen-bond acceptors (Lipinski definition) is 5. The van der Waals surface area contributed by atoms with E-state index in [1.54, 1.807) is 11.2 Å². The monoisotopic (exact) mass is 311 g/mol. The van der Waals surface area contributed by atoms with E-state index in [-0.39, 0.29) is 11.6 Å². The van der Waals surface area contributed by atoms with Gasteiger partial charge in [0.15, 0.2) is 0 Å². The molecule has 110 valence electrons.